The van der Waals surface area contributed by atoms with E-state index in [9.17, 15) is 19.2 Å². The standard InChI is InChI=1S/C84H146O8/c1-57(15-11-17-59(3)69-37-41-77(53-69)73-33-29-65(45-73)49-81(85)89-7)23-25-63(21-13-19-61(5)71-39-43-79(55-71)75-35-31-67(47-75)51-83(87)91-9)27-28-64(22-14-20-62(6)72-40-44-80(56-72)76-36-32-68(48-76)52-84(88)92-10)26-24-58(2)16-12-18-60(4)70-38-42-78(54-70)74-34-30-66(46-74)50-82(86)90-8/h57-80H,11-56H2,1-10H3/t57-,58-,59+,60+,61+,62+,63-,64-,65-,66-,67-,68-,69-,70-,71-,72-,73?,74?,75?,76?,77-,78-,79-,80-/m0/s1. The van der Waals surface area contributed by atoms with E-state index in [0.717, 1.165) is 118 Å². The van der Waals surface area contributed by atoms with Crippen molar-refractivity contribution in [2.45, 2.75) is 337 Å². The van der Waals surface area contributed by atoms with Gasteiger partial charge in [-0.05, 0) is 296 Å². The molecule has 0 N–H and O–H groups in total. The number of carbonyl (C=O) groups excluding carboxylic acids is 4. The van der Waals surface area contributed by atoms with Crippen LogP contribution in [0.5, 0.6) is 0 Å². The highest BCUT2D eigenvalue weighted by atomic mass is 16.5. The van der Waals surface area contributed by atoms with Crippen LogP contribution in [0.3, 0.4) is 0 Å². The van der Waals surface area contributed by atoms with Crippen molar-refractivity contribution in [3.8, 4) is 0 Å². The van der Waals surface area contributed by atoms with Crippen LogP contribution in [0.2, 0.25) is 0 Å². The molecule has 8 rings (SSSR count). The van der Waals surface area contributed by atoms with Gasteiger partial charge in [0.15, 0.2) is 0 Å². The molecule has 0 aromatic carbocycles. The Balaban J connectivity index is 0.827. The van der Waals surface area contributed by atoms with E-state index >= 15 is 0 Å². The molecule has 8 aliphatic rings. The van der Waals surface area contributed by atoms with Gasteiger partial charge in [0.05, 0.1) is 28.4 Å². The molecule has 92 heavy (non-hydrogen) atoms. The van der Waals surface area contributed by atoms with Crippen LogP contribution in [-0.4, -0.2) is 52.3 Å². The Hall–Kier alpha value is -2.12. The second-order valence-corrected chi connectivity index (χ2v) is 35.5. The van der Waals surface area contributed by atoms with Crippen molar-refractivity contribution < 1.29 is 38.1 Å². The lowest BCUT2D eigenvalue weighted by Crippen LogP contribution is -2.14. The molecule has 0 saturated heterocycles. The third-order valence-electron chi connectivity index (χ3n) is 29.4. The van der Waals surface area contributed by atoms with Crippen LogP contribution in [-0.2, 0) is 38.1 Å². The van der Waals surface area contributed by atoms with Crippen LogP contribution < -0.4 is 0 Å². The Kier molecular flexibility index (Phi) is 32.5. The third-order valence-corrected chi connectivity index (χ3v) is 29.4. The smallest absolute Gasteiger partial charge is 0.305 e. The van der Waals surface area contributed by atoms with Gasteiger partial charge in [-0.3, -0.25) is 19.2 Å². The molecule has 24 atom stereocenters. The Bertz CT molecular complexity index is 1980. The van der Waals surface area contributed by atoms with E-state index < -0.39 is 0 Å². The molecule has 0 amide bonds. The van der Waals surface area contributed by atoms with Crippen molar-refractivity contribution in [3.05, 3.63) is 0 Å². The van der Waals surface area contributed by atoms with Gasteiger partial charge in [-0.25, -0.2) is 0 Å². The molecule has 0 radical (unpaired) electrons. The molecule has 0 aliphatic heterocycles. The van der Waals surface area contributed by atoms with Crippen LogP contribution >= 0.6 is 0 Å². The van der Waals surface area contributed by atoms with Crippen molar-refractivity contribution in [3.63, 3.8) is 0 Å². The summed E-state index contributed by atoms with van der Waals surface area (Å²) < 4.78 is 20.2. The summed E-state index contributed by atoms with van der Waals surface area (Å²) in [5.74, 6) is 19.1. The van der Waals surface area contributed by atoms with Crippen LogP contribution in [0.1, 0.15) is 337 Å². The number of esters is 4. The fourth-order valence-corrected chi connectivity index (χ4v) is 22.8. The van der Waals surface area contributed by atoms with Gasteiger partial charge < -0.3 is 18.9 Å². The van der Waals surface area contributed by atoms with Crippen LogP contribution in [0.25, 0.3) is 0 Å². The number of hydrogen-bond acceptors (Lipinski definition) is 8. The third kappa shape index (κ3) is 24.4. The number of hydrogen-bond donors (Lipinski definition) is 0. The van der Waals surface area contributed by atoms with Crippen LogP contribution in [0.4, 0.5) is 0 Å². The Morgan fingerprint density at radius 1 is 0.261 bits per heavy atom. The van der Waals surface area contributed by atoms with Gasteiger partial charge in [-0.15, -0.1) is 0 Å². The van der Waals surface area contributed by atoms with E-state index in [1.54, 1.807) is 28.4 Å². The summed E-state index contributed by atoms with van der Waals surface area (Å²) in [6.45, 7) is 15.6. The summed E-state index contributed by atoms with van der Waals surface area (Å²) in [5.41, 5.74) is 0. The van der Waals surface area contributed by atoms with Gasteiger partial charge in [0.1, 0.15) is 0 Å². The molecule has 530 valence electrons. The normalized spacial score (nSPS) is 34.2. The summed E-state index contributed by atoms with van der Waals surface area (Å²) >= 11 is 0. The Labute approximate surface area is 566 Å². The second-order valence-electron chi connectivity index (χ2n) is 35.5. The molecule has 8 saturated carbocycles. The molecule has 8 heteroatoms. The molecular weight excluding hydrogens is 1140 g/mol. The molecule has 8 fully saturated rings. The number of ether oxygens (including phenoxy) is 4. The summed E-state index contributed by atoms with van der Waals surface area (Å²) in [7, 11) is 6.18. The maximum absolute atomic E-state index is 12.1. The van der Waals surface area contributed by atoms with E-state index in [2.05, 4.69) is 41.5 Å². The van der Waals surface area contributed by atoms with Crippen LogP contribution in [0, 0.1) is 142 Å². The second kappa shape index (κ2) is 39.5. The van der Waals surface area contributed by atoms with Crippen molar-refractivity contribution in [1.29, 1.82) is 0 Å². The van der Waals surface area contributed by atoms with E-state index in [1.165, 1.54) is 270 Å². The molecule has 0 bridgehead atoms. The van der Waals surface area contributed by atoms with Gasteiger partial charge in [-0.1, -0.05) is 157 Å². The predicted molar refractivity (Wildman–Crippen MR) is 378 cm³/mol. The lowest BCUT2D eigenvalue weighted by molar-refractivity contribution is -0.142. The maximum atomic E-state index is 12.1. The predicted octanol–water partition coefficient (Wildman–Crippen LogP) is 22.6. The Morgan fingerprint density at radius 2 is 0.478 bits per heavy atom. The minimum absolute atomic E-state index is 0.0140. The highest BCUT2D eigenvalue weighted by Gasteiger charge is 2.42. The first kappa shape index (κ1) is 75.6. The molecule has 8 aliphatic carbocycles. The average molecular weight is 1280 g/mol. The molecule has 8 nitrogen and oxygen atoms in total. The number of rotatable bonds is 41. The first-order valence-corrected chi connectivity index (χ1v) is 40.7. The van der Waals surface area contributed by atoms with Gasteiger partial charge in [0, 0.05) is 25.7 Å². The summed E-state index contributed by atoms with van der Waals surface area (Å²) in [6, 6.07) is 0. The minimum Gasteiger partial charge on any atom is -0.469 e. The fourth-order valence-electron chi connectivity index (χ4n) is 22.8. The van der Waals surface area contributed by atoms with Gasteiger partial charge in [0.25, 0.3) is 0 Å². The summed E-state index contributed by atoms with van der Waals surface area (Å²) in [4.78, 5) is 48.3. The first-order valence-electron chi connectivity index (χ1n) is 40.7. The fraction of sp³-hybridized carbons (Fsp3) is 0.952. The van der Waals surface area contributed by atoms with E-state index in [0.29, 0.717) is 49.4 Å². The molecular formula is C84H146O8. The van der Waals surface area contributed by atoms with E-state index in [-0.39, 0.29) is 23.9 Å². The topological polar surface area (TPSA) is 105 Å². The molecule has 4 unspecified atom stereocenters. The highest BCUT2D eigenvalue weighted by molar-refractivity contribution is 5.70. The van der Waals surface area contributed by atoms with Crippen molar-refractivity contribution in [1.82, 2.24) is 0 Å². The van der Waals surface area contributed by atoms with Crippen LogP contribution in [0.15, 0.2) is 0 Å². The van der Waals surface area contributed by atoms with Crippen molar-refractivity contribution >= 4 is 23.9 Å². The number of carbonyl (C=O) groups is 4. The van der Waals surface area contributed by atoms with Crippen molar-refractivity contribution in [2.75, 3.05) is 28.4 Å². The Morgan fingerprint density at radius 3 is 0.728 bits per heavy atom. The minimum atomic E-state index is -0.0154. The highest BCUT2D eigenvalue weighted by Crippen LogP contribution is 2.52. The maximum Gasteiger partial charge on any atom is 0.305 e. The van der Waals surface area contributed by atoms with E-state index in [1.807, 2.05) is 0 Å². The monoisotopic (exact) mass is 1280 g/mol. The average Bonchev–Trinajstić information content (AvgIpc) is 1.78. The zero-order valence-electron chi connectivity index (χ0n) is 61.6. The quantitative estimate of drug-likeness (QED) is 0.0440. The lowest BCUT2D eigenvalue weighted by Gasteiger charge is -2.26. The number of methoxy groups -OCH3 is 4. The molecule has 0 heterocycles. The summed E-state index contributed by atoms with van der Waals surface area (Å²) in [5, 5.41) is 0. The summed E-state index contributed by atoms with van der Waals surface area (Å²) in [6.07, 6.45) is 60.1. The zero-order chi connectivity index (χ0) is 65.5. The molecule has 0 aromatic heterocycles. The first-order chi connectivity index (χ1) is 44.4. The van der Waals surface area contributed by atoms with Gasteiger partial charge in [-0.2, -0.15) is 0 Å². The van der Waals surface area contributed by atoms with Gasteiger partial charge in [0.2, 0.25) is 0 Å². The van der Waals surface area contributed by atoms with E-state index in [4.69, 9.17) is 18.9 Å². The SMILES string of the molecule is COC(=O)C[C@H]1CCC([C@H]2CC[C@H]([C@H](C)CCC[C@H](C)CC[C@H](CCC[C@@H](C)[C@H]3CC[C@H](C4CC[C@H](CC(=O)OC)C4)C3)CC[C@@H](CCC[C@@H](C)[C@H]3CC[C@H](C4CC[C@H](CC(=O)OC)C4)C3)CC[C@@H](C)CCC[C@@H](C)[C@H]3CC[C@H](C4CC[C@H](CC(=O)OC)C4)C3)C2)C1. The van der Waals surface area contributed by atoms with Crippen molar-refractivity contribution in [2.24, 2.45) is 142 Å². The molecule has 0 aromatic rings. The lowest BCUT2D eigenvalue weighted by atomic mass is 9.79. The van der Waals surface area contributed by atoms with Gasteiger partial charge >= 0.3 is 23.9 Å². The zero-order valence-corrected chi connectivity index (χ0v) is 61.6. The molecule has 0 spiro atoms. The largest absolute Gasteiger partial charge is 0.469 e.